The van der Waals surface area contributed by atoms with E-state index in [0.29, 0.717) is 6.04 Å². The molecule has 0 saturated carbocycles. The Morgan fingerprint density at radius 1 is 1.16 bits per heavy atom. The van der Waals surface area contributed by atoms with Crippen molar-refractivity contribution in [1.82, 2.24) is 15.2 Å². The van der Waals surface area contributed by atoms with E-state index in [1.807, 2.05) is 18.2 Å². The van der Waals surface area contributed by atoms with Crippen molar-refractivity contribution in [2.45, 2.75) is 25.4 Å². The number of hydrogen-bond donors (Lipinski definition) is 1. The van der Waals surface area contributed by atoms with Gasteiger partial charge in [-0.2, -0.15) is 0 Å². The van der Waals surface area contributed by atoms with Crippen LogP contribution in [-0.4, -0.2) is 55.1 Å². The Hall–Kier alpha value is -2.64. The Balaban J connectivity index is 1.08. The van der Waals surface area contributed by atoms with Crippen molar-refractivity contribution < 1.29 is 9.53 Å². The summed E-state index contributed by atoms with van der Waals surface area (Å²) in [6, 6.07) is 16.8. The van der Waals surface area contributed by atoms with Crippen LogP contribution in [0.2, 0.25) is 0 Å². The van der Waals surface area contributed by atoms with E-state index in [-0.39, 0.29) is 11.8 Å². The number of benzene rings is 2. The minimum Gasteiger partial charge on any atom is -0.497 e. The predicted octanol–water partition coefficient (Wildman–Crippen LogP) is 3.52. The monoisotopic (exact) mass is 436 g/mol. The number of anilines is 1. The third-order valence-corrected chi connectivity index (χ3v) is 7.37. The average molecular weight is 437 g/mol. The molecule has 0 aliphatic carbocycles. The lowest BCUT2D eigenvalue weighted by molar-refractivity contribution is -0.126. The van der Waals surface area contributed by atoms with Gasteiger partial charge in [-0.15, -0.1) is 0 Å². The minimum absolute atomic E-state index is 0.0592. The molecule has 0 atom stereocenters. The summed E-state index contributed by atoms with van der Waals surface area (Å²) >= 11 is 1.66. The van der Waals surface area contributed by atoms with Crippen LogP contribution in [0.4, 0.5) is 5.13 Å². The first-order valence-corrected chi connectivity index (χ1v) is 11.8. The van der Waals surface area contributed by atoms with Crippen LogP contribution in [0.15, 0.2) is 48.5 Å². The second kappa shape index (κ2) is 8.85. The maximum atomic E-state index is 12.7. The van der Waals surface area contributed by atoms with Crippen molar-refractivity contribution in [3.05, 3.63) is 54.1 Å². The van der Waals surface area contributed by atoms with Crippen LogP contribution in [-0.2, 0) is 11.3 Å². The fourth-order valence-corrected chi connectivity index (χ4v) is 5.36. The molecule has 2 aliphatic heterocycles. The third-order valence-electron chi connectivity index (χ3n) is 6.29. The van der Waals surface area contributed by atoms with Gasteiger partial charge in [0.2, 0.25) is 5.91 Å². The van der Waals surface area contributed by atoms with Crippen molar-refractivity contribution in [2.24, 2.45) is 5.92 Å². The fourth-order valence-electron chi connectivity index (χ4n) is 4.35. The second-order valence-electron chi connectivity index (χ2n) is 8.48. The summed E-state index contributed by atoms with van der Waals surface area (Å²) in [5.41, 5.74) is 2.34. The van der Waals surface area contributed by atoms with E-state index >= 15 is 0 Å². The summed E-state index contributed by atoms with van der Waals surface area (Å²) in [5, 5.41) is 4.28. The lowest BCUT2D eigenvalue weighted by Gasteiger charge is -2.39. The Morgan fingerprint density at radius 3 is 2.68 bits per heavy atom. The van der Waals surface area contributed by atoms with Gasteiger partial charge in [-0.25, -0.2) is 4.98 Å². The summed E-state index contributed by atoms with van der Waals surface area (Å²) in [5.74, 6) is 1.10. The molecule has 0 bridgehead atoms. The number of nitrogens with zero attached hydrogens (tertiary/aromatic N) is 3. The first-order chi connectivity index (χ1) is 15.2. The highest BCUT2D eigenvalue weighted by molar-refractivity contribution is 7.22. The van der Waals surface area contributed by atoms with Gasteiger partial charge in [0.25, 0.3) is 0 Å². The number of aromatic nitrogens is 1. The molecule has 1 N–H and O–H groups in total. The zero-order chi connectivity index (χ0) is 21.2. The number of ether oxygens (including phenoxy) is 1. The van der Waals surface area contributed by atoms with Crippen molar-refractivity contribution >= 4 is 32.6 Å². The lowest BCUT2D eigenvalue weighted by atomic mass is 9.97. The Labute approximate surface area is 186 Å². The molecule has 7 heteroatoms. The van der Waals surface area contributed by atoms with E-state index in [1.54, 1.807) is 18.4 Å². The van der Waals surface area contributed by atoms with Gasteiger partial charge in [0.05, 0.1) is 23.2 Å². The molecule has 1 amide bonds. The molecule has 3 heterocycles. The highest BCUT2D eigenvalue weighted by atomic mass is 32.1. The first-order valence-electron chi connectivity index (χ1n) is 10.9. The van der Waals surface area contributed by atoms with Gasteiger partial charge < -0.3 is 15.0 Å². The highest BCUT2D eigenvalue weighted by Crippen LogP contribution is 2.34. The first kappa shape index (κ1) is 20.3. The normalized spacial score (nSPS) is 18.2. The number of nitrogens with one attached hydrogen (secondary N) is 1. The van der Waals surface area contributed by atoms with Crippen molar-refractivity contribution in [3.8, 4) is 5.75 Å². The van der Waals surface area contributed by atoms with Crippen LogP contribution < -0.4 is 15.0 Å². The topological polar surface area (TPSA) is 57.7 Å². The maximum Gasteiger partial charge on any atom is 0.226 e. The van der Waals surface area contributed by atoms with Gasteiger partial charge >= 0.3 is 0 Å². The van der Waals surface area contributed by atoms with Gasteiger partial charge in [0.15, 0.2) is 5.13 Å². The number of likely N-dealkylation sites (tertiary alicyclic amines) is 1. The van der Waals surface area contributed by atoms with Crippen molar-refractivity contribution in [3.63, 3.8) is 0 Å². The molecule has 2 saturated heterocycles. The molecule has 3 aromatic rings. The van der Waals surface area contributed by atoms with Gasteiger partial charge in [-0.3, -0.25) is 9.69 Å². The van der Waals surface area contributed by atoms with Crippen LogP contribution in [0.1, 0.15) is 18.4 Å². The lowest BCUT2D eigenvalue weighted by Crippen LogP contribution is -2.56. The maximum absolute atomic E-state index is 12.7. The molecule has 2 aromatic carbocycles. The third kappa shape index (κ3) is 4.52. The standard InChI is InChI=1S/C24H28N4O2S/c1-30-20-7-8-21-22(13-20)31-24(26-21)28-15-18(16-28)23(29)25-19-9-11-27(12-10-19)14-17-5-3-2-4-6-17/h2-8,13,18-19H,9-12,14-16H2,1H3,(H,25,29). The highest BCUT2D eigenvalue weighted by Gasteiger charge is 2.35. The van der Waals surface area contributed by atoms with E-state index < -0.39 is 0 Å². The van der Waals surface area contributed by atoms with Crippen LogP contribution in [0.5, 0.6) is 5.75 Å². The number of amides is 1. The number of hydrogen-bond acceptors (Lipinski definition) is 6. The predicted molar refractivity (Wildman–Crippen MR) is 125 cm³/mol. The molecule has 0 spiro atoms. The van der Waals surface area contributed by atoms with Gasteiger partial charge in [0.1, 0.15) is 5.75 Å². The number of thiazole rings is 1. The molecule has 5 rings (SSSR count). The number of carbonyl (C=O) groups is 1. The Morgan fingerprint density at radius 2 is 1.94 bits per heavy atom. The fraction of sp³-hybridized carbons (Fsp3) is 0.417. The molecule has 6 nitrogen and oxygen atoms in total. The van der Waals surface area contributed by atoms with Crippen LogP contribution >= 0.6 is 11.3 Å². The molecular formula is C24H28N4O2S. The summed E-state index contributed by atoms with van der Waals surface area (Å²) in [6.07, 6.45) is 2.05. The number of carbonyl (C=O) groups excluding carboxylic acids is 1. The van der Waals surface area contributed by atoms with Gasteiger partial charge in [-0.05, 0) is 36.6 Å². The molecular weight excluding hydrogens is 408 g/mol. The second-order valence-corrected chi connectivity index (χ2v) is 9.49. The average Bonchev–Trinajstić information content (AvgIpc) is 3.17. The molecule has 31 heavy (non-hydrogen) atoms. The zero-order valence-corrected chi connectivity index (χ0v) is 18.6. The summed E-state index contributed by atoms with van der Waals surface area (Å²) < 4.78 is 6.41. The molecule has 162 valence electrons. The summed E-state index contributed by atoms with van der Waals surface area (Å²) in [7, 11) is 1.68. The molecule has 2 aliphatic rings. The molecule has 2 fully saturated rings. The Kier molecular flexibility index (Phi) is 5.78. The van der Waals surface area contributed by atoms with Gasteiger partial charge in [-0.1, -0.05) is 41.7 Å². The SMILES string of the molecule is COc1ccc2nc(N3CC(C(=O)NC4CCN(Cc5ccccc5)CC4)C3)sc2c1. The van der Waals surface area contributed by atoms with Crippen molar-refractivity contribution in [2.75, 3.05) is 38.2 Å². The zero-order valence-electron chi connectivity index (χ0n) is 17.8. The quantitative estimate of drug-likeness (QED) is 0.641. The number of piperidine rings is 1. The smallest absolute Gasteiger partial charge is 0.226 e. The number of rotatable bonds is 6. The largest absolute Gasteiger partial charge is 0.497 e. The summed E-state index contributed by atoms with van der Waals surface area (Å²) in [4.78, 5) is 22.1. The molecule has 0 unspecified atom stereocenters. The number of methoxy groups -OCH3 is 1. The van der Waals surface area contributed by atoms with Crippen LogP contribution in [0.3, 0.4) is 0 Å². The van der Waals surface area contributed by atoms with Gasteiger partial charge in [0, 0.05) is 38.8 Å². The van der Waals surface area contributed by atoms with E-state index in [1.165, 1.54) is 5.56 Å². The Bertz CT molecular complexity index is 1040. The number of fused-ring (bicyclic) bond motifs is 1. The van der Waals surface area contributed by atoms with Crippen LogP contribution in [0.25, 0.3) is 10.2 Å². The van der Waals surface area contributed by atoms with E-state index in [9.17, 15) is 4.79 Å². The van der Waals surface area contributed by atoms with E-state index in [0.717, 1.165) is 66.7 Å². The van der Waals surface area contributed by atoms with E-state index in [4.69, 9.17) is 9.72 Å². The van der Waals surface area contributed by atoms with Crippen molar-refractivity contribution in [1.29, 1.82) is 0 Å². The molecule has 0 radical (unpaired) electrons. The molecule has 1 aromatic heterocycles. The summed E-state index contributed by atoms with van der Waals surface area (Å²) in [6.45, 7) is 4.55. The van der Waals surface area contributed by atoms with E-state index in [2.05, 4.69) is 45.4 Å². The minimum atomic E-state index is 0.0592. The van der Waals surface area contributed by atoms with Crippen LogP contribution in [0, 0.1) is 5.92 Å².